The molecule has 2 aliphatic heterocycles. The standard InChI is InChI=1S/C31H28N8/c1-36-15-17-37(18-16-36)27-10-9-24-21-38(22-25(24)19-27)31-32-13-11-29(35-31)28-7-4-6-26(34-28)12-14-39-30-8-3-2-5-23(30)20-33-39/h2-11,13,19-20H,15-18,21-22H2,1H3. The minimum Gasteiger partial charge on any atom is -0.369 e. The second kappa shape index (κ2) is 9.86. The summed E-state index contributed by atoms with van der Waals surface area (Å²) in [6, 6.07) is 25.7. The fourth-order valence-electron chi connectivity index (χ4n) is 5.25. The summed E-state index contributed by atoms with van der Waals surface area (Å²) in [4.78, 5) is 21.4. The van der Waals surface area contributed by atoms with Crippen molar-refractivity contribution >= 4 is 22.5 Å². The minimum absolute atomic E-state index is 0.664. The molecule has 0 radical (unpaired) electrons. The van der Waals surface area contributed by atoms with Crippen LogP contribution in [0.25, 0.3) is 22.3 Å². The number of anilines is 2. The molecule has 2 aliphatic rings. The Balaban J connectivity index is 1.10. The number of hydrogen-bond donors (Lipinski definition) is 0. The van der Waals surface area contributed by atoms with Gasteiger partial charge < -0.3 is 14.7 Å². The number of pyridine rings is 1. The van der Waals surface area contributed by atoms with E-state index in [4.69, 9.17) is 9.97 Å². The highest BCUT2D eigenvalue weighted by atomic mass is 15.3. The summed E-state index contributed by atoms with van der Waals surface area (Å²) in [6.07, 6.45) is 3.63. The molecule has 8 heteroatoms. The first-order valence-corrected chi connectivity index (χ1v) is 13.3. The predicted octanol–water partition coefficient (Wildman–Crippen LogP) is 4.02. The second-order valence-corrected chi connectivity index (χ2v) is 10.1. The second-order valence-electron chi connectivity index (χ2n) is 10.1. The molecular weight excluding hydrogens is 484 g/mol. The molecule has 0 saturated carbocycles. The van der Waals surface area contributed by atoms with Gasteiger partial charge in [0.1, 0.15) is 5.69 Å². The zero-order valence-electron chi connectivity index (χ0n) is 21.8. The van der Waals surface area contributed by atoms with Gasteiger partial charge in [0.15, 0.2) is 0 Å². The van der Waals surface area contributed by atoms with Crippen molar-refractivity contribution < 1.29 is 0 Å². The molecule has 5 aromatic rings. The third-order valence-corrected chi connectivity index (χ3v) is 7.49. The average molecular weight is 513 g/mol. The molecule has 1 fully saturated rings. The van der Waals surface area contributed by atoms with Crippen LogP contribution < -0.4 is 9.80 Å². The van der Waals surface area contributed by atoms with E-state index in [-0.39, 0.29) is 0 Å². The molecule has 7 rings (SSSR count). The van der Waals surface area contributed by atoms with Crippen LogP contribution in [-0.2, 0) is 13.1 Å². The fourth-order valence-corrected chi connectivity index (χ4v) is 5.25. The topological polar surface area (TPSA) is 66.2 Å². The maximum Gasteiger partial charge on any atom is 0.226 e. The van der Waals surface area contributed by atoms with E-state index >= 15 is 0 Å². The Morgan fingerprint density at radius 2 is 1.62 bits per heavy atom. The lowest BCUT2D eigenvalue weighted by Gasteiger charge is -2.34. The molecule has 8 nitrogen and oxygen atoms in total. The highest BCUT2D eigenvalue weighted by Gasteiger charge is 2.23. The lowest BCUT2D eigenvalue weighted by atomic mass is 10.1. The van der Waals surface area contributed by atoms with E-state index in [0.717, 1.165) is 61.6 Å². The Kier molecular flexibility index (Phi) is 5.91. The number of likely N-dealkylation sites (N-methyl/N-ethyl adjacent to an activating group) is 1. The molecule has 2 aromatic carbocycles. The molecule has 0 unspecified atom stereocenters. The van der Waals surface area contributed by atoms with Gasteiger partial charge >= 0.3 is 0 Å². The third kappa shape index (κ3) is 4.69. The van der Waals surface area contributed by atoms with E-state index < -0.39 is 0 Å². The van der Waals surface area contributed by atoms with Crippen molar-refractivity contribution in [3.8, 4) is 23.4 Å². The zero-order chi connectivity index (χ0) is 26.2. The first-order valence-electron chi connectivity index (χ1n) is 13.3. The van der Waals surface area contributed by atoms with Gasteiger partial charge in [-0.1, -0.05) is 30.3 Å². The third-order valence-electron chi connectivity index (χ3n) is 7.49. The monoisotopic (exact) mass is 512 g/mol. The first kappa shape index (κ1) is 23.4. The maximum atomic E-state index is 4.89. The number of para-hydroxylation sites is 1. The molecule has 0 spiro atoms. The van der Waals surface area contributed by atoms with Crippen LogP contribution in [0.1, 0.15) is 16.8 Å². The molecule has 0 aliphatic carbocycles. The highest BCUT2D eigenvalue weighted by molar-refractivity contribution is 5.79. The SMILES string of the molecule is CN1CCN(c2ccc3c(c2)CN(c2nccc(-c4cccc(C#Cn5ncc6ccccc65)n4)n2)C3)CC1. The van der Waals surface area contributed by atoms with Crippen molar-refractivity contribution in [3.05, 3.63) is 95.9 Å². The van der Waals surface area contributed by atoms with Crippen LogP contribution in [0.4, 0.5) is 11.6 Å². The number of hydrogen-bond acceptors (Lipinski definition) is 7. The van der Waals surface area contributed by atoms with E-state index in [1.807, 2.05) is 60.9 Å². The van der Waals surface area contributed by atoms with Crippen molar-refractivity contribution in [1.29, 1.82) is 0 Å². The molecule has 0 atom stereocenters. The van der Waals surface area contributed by atoms with Crippen molar-refractivity contribution in [2.24, 2.45) is 0 Å². The van der Waals surface area contributed by atoms with Gasteiger partial charge in [-0.25, -0.2) is 15.0 Å². The molecule has 0 N–H and O–H groups in total. The zero-order valence-corrected chi connectivity index (χ0v) is 21.8. The van der Waals surface area contributed by atoms with Gasteiger partial charge in [0.05, 0.1) is 23.1 Å². The van der Waals surface area contributed by atoms with Crippen molar-refractivity contribution in [3.63, 3.8) is 0 Å². The van der Waals surface area contributed by atoms with E-state index in [0.29, 0.717) is 11.6 Å². The van der Waals surface area contributed by atoms with Crippen LogP contribution in [0, 0.1) is 12.0 Å². The van der Waals surface area contributed by atoms with Crippen LogP contribution >= 0.6 is 0 Å². The molecule has 5 heterocycles. The largest absolute Gasteiger partial charge is 0.369 e. The van der Waals surface area contributed by atoms with Gasteiger partial charge in [-0.05, 0) is 60.5 Å². The number of nitrogens with zero attached hydrogens (tertiary/aromatic N) is 8. The van der Waals surface area contributed by atoms with E-state index in [9.17, 15) is 0 Å². The smallest absolute Gasteiger partial charge is 0.226 e. The summed E-state index contributed by atoms with van der Waals surface area (Å²) in [5.41, 5.74) is 7.18. The summed E-state index contributed by atoms with van der Waals surface area (Å²) in [7, 11) is 2.19. The number of rotatable bonds is 3. The summed E-state index contributed by atoms with van der Waals surface area (Å²) >= 11 is 0. The Bertz CT molecular complexity index is 1720. The van der Waals surface area contributed by atoms with Gasteiger partial charge in [-0.2, -0.15) is 9.78 Å². The fraction of sp³-hybridized carbons (Fsp3) is 0.226. The molecule has 192 valence electrons. The van der Waals surface area contributed by atoms with Crippen molar-refractivity contribution in [2.45, 2.75) is 13.1 Å². The summed E-state index contributed by atoms with van der Waals surface area (Å²) in [5.74, 6) is 3.86. The van der Waals surface area contributed by atoms with E-state index in [2.05, 4.69) is 62.0 Å². The molecule has 0 amide bonds. The van der Waals surface area contributed by atoms with Gasteiger partial charge in [0.25, 0.3) is 0 Å². The molecule has 39 heavy (non-hydrogen) atoms. The number of benzene rings is 2. The minimum atomic E-state index is 0.664. The number of aromatic nitrogens is 5. The van der Waals surface area contributed by atoms with Crippen LogP contribution in [-0.4, -0.2) is 62.9 Å². The number of piperazine rings is 1. The lowest BCUT2D eigenvalue weighted by molar-refractivity contribution is 0.313. The van der Waals surface area contributed by atoms with Crippen molar-refractivity contribution in [1.82, 2.24) is 29.6 Å². The number of fused-ring (bicyclic) bond motifs is 2. The Hall–Kier alpha value is -4.74. The summed E-state index contributed by atoms with van der Waals surface area (Å²) < 4.78 is 1.69. The van der Waals surface area contributed by atoms with Crippen LogP contribution in [0.5, 0.6) is 0 Å². The predicted molar refractivity (Wildman–Crippen MR) is 153 cm³/mol. The van der Waals surface area contributed by atoms with Crippen LogP contribution in [0.3, 0.4) is 0 Å². The van der Waals surface area contributed by atoms with Gasteiger partial charge in [-0.15, -0.1) is 0 Å². The Morgan fingerprint density at radius 3 is 2.54 bits per heavy atom. The quantitative estimate of drug-likeness (QED) is 0.338. The van der Waals surface area contributed by atoms with Crippen LogP contribution in [0.2, 0.25) is 0 Å². The Morgan fingerprint density at radius 1 is 0.769 bits per heavy atom. The van der Waals surface area contributed by atoms with Gasteiger partial charge in [-0.3, -0.25) is 0 Å². The molecule has 3 aromatic heterocycles. The maximum absolute atomic E-state index is 4.89. The van der Waals surface area contributed by atoms with Crippen molar-refractivity contribution in [2.75, 3.05) is 43.0 Å². The summed E-state index contributed by atoms with van der Waals surface area (Å²) in [5, 5.41) is 5.44. The molecule has 1 saturated heterocycles. The average Bonchev–Trinajstić information content (AvgIpc) is 3.61. The van der Waals surface area contributed by atoms with E-state index in [1.54, 1.807) is 4.68 Å². The normalized spacial score (nSPS) is 15.3. The van der Waals surface area contributed by atoms with E-state index in [1.165, 1.54) is 16.8 Å². The first-order chi connectivity index (χ1) is 19.2. The molecule has 0 bridgehead atoms. The summed E-state index contributed by atoms with van der Waals surface area (Å²) in [6.45, 7) is 5.95. The van der Waals surface area contributed by atoms with Crippen LogP contribution in [0.15, 0.2) is 79.1 Å². The molecular formula is C31H28N8. The highest BCUT2D eigenvalue weighted by Crippen LogP contribution is 2.30. The van der Waals surface area contributed by atoms with Gasteiger partial charge in [0.2, 0.25) is 5.95 Å². The van der Waals surface area contributed by atoms with Gasteiger partial charge in [0, 0.05) is 62.6 Å². The Labute approximate surface area is 227 Å². The lowest BCUT2D eigenvalue weighted by Crippen LogP contribution is -2.44.